The van der Waals surface area contributed by atoms with E-state index in [0.717, 1.165) is 13.1 Å². The summed E-state index contributed by atoms with van der Waals surface area (Å²) in [6, 6.07) is 3.55. The molecule has 1 aliphatic rings. The highest BCUT2D eigenvalue weighted by Crippen LogP contribution is 2.32. The van der Waals surface area contributed by atoms with Crippen molar-refractivity contribution in [2.45, 2.75) is 45.2 Å². The molecule has 96 valence electrons. The second-order valence-electron chi connectivity index (χ2n) is 5.27. The molecule has 3 heteroatoms. The van der Waals surface area contributed by atoms with Gasteiger partial charge in [0.25, 0.3) is 0 Å². The van der Waals surface area contributed by atoms with Crippen molar-refractivity contribution < 1.29 is 0 Å². The van der Waals surface area contributed by atoms with E-state index in [1.807, 2.05) is 11.3 Å². The predicted molar refractivity (Wildman–Crippen MR) is 75.8 cm³/mol. The minimum absolute atomic E-state index is 0.602. The average molecular weight is 252 g/mol. The zero-order valence-electron chi connectivity index (χ0n) is 11.2. The lowest BCUT2D eigenvalue weighted by Gasteiger charge is -2.26. The molecule has 1 aromatic heterocycles. The Hall–Kier alpha value is -0.380. The maximum absolute atomic E-state index is 3.71. The quantitative estimate of drug-likeness (QED) is 0.866. The summed E-state index contributed by atoms with van der Waals surface area (Å²) in [7, 11) is 2.20. The van der Waals surface area contributed by atoms with Crippen LogP contribution in [0, 0.1) is 0 Å². The summed E-state index contributed by atoms with van der Waals surface area (Å²) in [6.07, 6.45) is 3.93. The molecular weight excluding hydrogens is 228 g/mol. The number of thiophene rings is 1. The Bertz CT molecular complexity index is 346. The van der Waals surface area contributed by atoms with Gasteiger partial charge in [0.15, 0.2) is 0 Å². The standard InChI is InChI=1S/C14H24N2S/c1-11(2)16(3)9-8-15-13-5-4-6-14-12(13)7-10-17-14/h7,10-11,13,15H,4-6,8-9H2,1-3H3. The van der Waals surface area contributed by atoms with Gasteiger partial charge in [-0.05, 0) is 57.2 Å². The first-order valence-corrected chi connectivity index (χ1v) is 7.56. The topological polar surface area (TPSA) is 15.3 Å². The number of hydrogen-bond donors (Lipinski definition) is 1. The van der Waals surface area contributed by atoms with Crippen molar-refractivity contribution >= 4 is 11.3 Å². The summed E-state index contributed by atoms with van der Waals surface area (Å²) >= 11 is 1.92. The van der Waals surface area contributed by atoms with Crippen LogP contribution >= 0.6 is 11.3 Å². The van der Waals surface area contributed by atoms with Crippen LogP contribution in [0.15, 0.2) is 11.4 Å². The van der Waals surface area contributed by atoms with Gasteiger partial charge in [-0.2, -0.15) is 0 Å². The third-order valence-electron chi connectivity index (χ3n) is 3.79. The lowest BCUT2D eigenvalue weighted by Crippen LogP contribution is -2.35. The van der Waals surface area contributed by atoms with Crippen LogP contribution in [0.5, 0.6) is 0 Å². The highest BCUT2D eigenvalue weighted by Gasteiger charge is 2.20. The molecule has 2 nitrogen and oxygen atoms in total. The van der Waals surface area contributed by atoms with Gasteiger partial charge >= 0.3 is 0 Å². The van der Waals surface area contributed by atoms with E-state index in [9.17, 15) is 0 Å². The van der Waals surface area contributed by atoms with E-state index in [2.05, 4.69) is 42.6 Å². The van der Waals surface area contributed by atoms with Crippen LogP contribution in [0.4, 0.5) is 0 Å². The van der Waals surface area contributed by atoms with E-state index in [1.165, 1.54) is 19.3 Å². The van der Waals surface area contributed by atoms with Crippen molar-refractivity contribution in [1.82, 2.24) is 10.2 Å². The van der Waals surface area contributed by atoms with Crippen LogP contribution in [-0.4, -0.2) is 31.1 Å². The molecule has 0 aromatic carbocycles. The molecule has 1 aromatic rings. The first-order chi connectivity index (χ1) is 8.18. The first-order valence-electron chi connectivity index (χ1n) is 6.68. The molecule has 17 heavy (non-hydrogen) atoms. The summed E-state index contributed by atoms with van der Waals surface area (Å²) in [4.78, 5) is 4.00. The van der Waals surface area contributed by atoms with Gasteiger partial charge in [-0.15, -0.1) is 11.3 Å². The monoisotopic (exact) mass is 252 g/mol. The molecule has 1 atom stereocenters. The van der Waals surface area contributed by atoms with Gasteiger partial charge in [0.2, 0.25) is 0 Å². The van der Waals surface area contributed by atoms with E-state index in [4.69, 9.17) is 0 Å². The minimum Gasteiger partial charge on any atom is -0.309 e. The van der Waals surface area contributed by atoms with E-state index >= 15 is 0 Å². The van der Waals surface area contributed by atoms with Crippen molar-refractivity contribution in [3.05, 3.63) is 21.9 Å². The largest absolute Gasteiger partial charge is 0.309 e. The number of fused-ring (bicyclic) bond motifs is 1. The molecule has 1 N–H and O–H groups in total. The minimum atomic E-state index is 0.602. The lowest BCUT2D eigenvalue weighted by molar-refractivity contribution is 0.267. The maximum atomic E-state index is 3.71. The number of rotatable bonds is 5. The Balaban J connectivity index is 1.81. The molecule has 0 spiro atoms. The number of nitrogens with zero attached hydrogens (tertiary/aromatic N) is 1. The van der Waals surface area contributed by atoms with E-state index in [-0.39, 0.29) is 0 Å². The molecule has 0 amide bonds. The normalized spacial score (nSPS) is 19.9. The molecule has 0 aliphatic heterocycles. The summed E-state index contributed by atoms with van der Waals surface area (Å²) in [5, 5.41) is 5.96. The van der Waals surface area contributed by atoms with Crippen LogP contribution in [0.3, 0.4) is 0 Å². The highest BCUT2D eigenvalue weighted by atomic mass is 32.1. The van der Waals surface area contributed by atoms with Crippen LogP contribution in [0.1, 0.15) is 43.2 Å². The number of aryl methyl sites for hydroxylation is 1. The van der Waals surface area contributed by atoms with Crippen LogP contribution in [-0.2, 0) is 6.42 Å². The Labute approximate surface area is 109 Å². The smallest absolute Gasteiger partial charge is 0.0331 e. The number of nitrogens with one attached hydrogen (secondary N) is 1. The van der Waals surface area contributed by atoms with Crippen LogP contribution in [0.2, 0.25) is 0 Å². The number of likely N-dealkylation sites (N-methyl/N-ethyl adjacent to an activating group) is 1. The van der Waals surface area contributed by atoms with Crippen LogP contribution < -0.4 is 5.32 Å². The molecule has 1 unspecified atom stereocenters. The fourth-order valence-electron chi connectivity index (χ4n) is 2.37. The molecule has 0 bridgehead atoms. The second kappa shape index (κ2) is 5.98. The Morgan fingerprint density at radius 1 is 1.53 bits per heavy atom. The average Bonchev–Trinajstić information content (AvgIpc) is 2.77. The zero-order valence-corrected chi connectivity index (χ0v) is 12.0. The van der Waals surface area contributed by atoms with Crippen molar-refractivity contribution in [3.63, 3.8) is 0 Å². The first kappa shape index (κ1) is 13.1. The van der Waals surface area contributed by atoms with Gasteiger partial charge in [0.1, 0.15) is 0 Å². The van der Waals surface area contributed by atoms with Gasteiger partial charge in [-0.25, -0.2) is 0 Å². The molecule has 0 saturated heterocycles. The Kier molecular flexibility index (Phi) is 4.60. The number of hydrogen-bond acceptors (Lipinski definition) is 3. The van der Waals surface area contributed by atoms with E-state index < -0.39 is 0 Å². The second-order valence-corrected chi connectivity index (χ2v) is 6.27. The third-order valence-corrected chi connectivity index (χ3v) is 4.79. The molecule has 0 radical (unpaired) electrons. The van der Waals surface area contributed by atoms with Gasteiger partial charge < -0.3 is 10.2 Å². The van der Waals surface area contributed by atoms with Crippen molar-refractivity contribution in [2.24, 2.45) is 0 Å². The molecule has 1 aliphatic carbocycles. The highest BCUT2D eigenvalue weighted by molar-refractivity contribution is 7.10. The van der Waals surface area contributed by atoms with E-state index in [1.54, 1.807) is 10.4 Å². The SMILES string of the molecule is CC(C)N(C)CCNC1CCCc2sccc21. The molecule has 2 rings (SSSR count). The molecule has 1 heterocycles. The van der Waals surface area contributed by atoms with Crippen molar-refractivity contribution in [3.8, 4) is 0 Å². The molecule has 0 fully saturated rings. The fraction of sp³-hybridized carbons (Fsp3) is 0.714. The van der Waals surface area contributed by atoms with Crippen molar-refractivity contribution in [2.75, 3.05) is 20.1 Å². The van der Waals surface area contributed by atoms with Crippen molar-refractivity contribution in [1.29, 1.82) is 0 Å². The van der Waals surface area contributed by atoms with Gasteiger partial charge in [0, 0.05) is 30.1 Å². The van der Waals surface area contributed by atoms with Gasteiger partial charge in [-0.1, -0.05) is 0 Å². The van der Waals surface area contributed by atoms with Crippen LogP contribution in [0.25, 0.3) is 0 Å². The van der Waals surface area contributed by atoms with Gasteiger partial charge in [-0.3, -0.25) is 0 Å². The summed E-state index contributed by atoms with van der Waals surface area (Å²) in [5.41, 5.74) is 1.56. The summed E-state index contributed by atoms with van der Waals surface area (Å²) < 4.78 is 0. The lowest BCUT2D eigenvalue weighted by atomic mass is 9.94. The molecule has 0 saturated carbocycles. The maximum Gasteiger partial charge on any atom is 0.0331 e. The zero-order chi connectivity index (χ0) is 12.3. The predicted octanol–water partition coefficient (Wildman–Crippen LogP) is 3.06. The summed E-state index contributed by atoms with van der Waals surface area (Å²) in [6.45, 7) is 6.72. The molecular formula is C14H24N2S. The Morgan fingerprint density at radius 3 is 3.12 bits per heavy atom. The third kappa shape index (κ3) is 3.30. The fourth-order valence-corrected chi connectivity index (χ4v) is 3.36. The summed E-state index contributed by atoms with van der Waals surface area (Å²) in [5.74, 6) is 0. The van der Waals surface area contributed by atoms with Gasteiger partial charge in [0.05, 0.1) is 0 Å². The van der Waals surface area contributed by atoms with E-state index in [0.29, 0.717) is 12.1 Å². The Morgan fingerprint density at radius 2 is 2.35 bits per heavy atom.